The maximum absolute atomic E-state index is 13.3. The van der Waals surface area contributed by atoms with E-state index in [1.807, 2.05) is 0 Å². The van der Waals surface area contributed by atoms with Crippen LogP contribution in [-0.4, -0.2) is 45.8 Å². The third kappa shape index (κ3) is 6.68. The Morgan fingerprint density at radius 1 is 1.13 bits per heavy atom. The Morgan fingerprint density at radius 2 is 1.90 bits per heavy atom. The molecular formula is C26H21F3N4O5S. The number of ether oxygens (including phenoxy) is 1. The topological polar surface area (TPSA) is 124 Å². The Morgan fingerprint density at radius 3 is 2.62 bits per heavy atom. The molecule has 0 spiro atoms. The van der Waals surface area contributed by atoms with Crippen molar-refractivity contribution in [2.75, 3.05) is 17.3 Å². The SMILES string of the molecule is COc1cc(/C=N/N=C2SC(CC(=O)Nc3cccc(C(F)(F)F)c3)C(=O)N2c2cccc(O)c2)ccc1O. The standard InChI is InChI=1S/C26H21F3N4O5S/c1-38-21-10-15(8-9-20(21)35)14-30-32-25-33(18-6-3-7-19(34)12-18)24(37)22(39-25)13-23(36)31-17-5-2-4-16(11-17)26(27,28)29/h2-12,14,22,34-35H,13H2,1H3,(H,31,36)/b30-14+,32-25?. The van der Waals surface area contributed by atoms with Crippen molar-refractivity contribution in [2.45, 2.75) is 17.8 Å². The van der Waals surface area contributed by atoms with Crippen molar-refractivity contribution in [1.29, 1.82) is 0 Å². The monoisotopic (exact) mass is 558 g/mol. The van der Waals surface area contributed by atoms with Crippen LogP contribution < -0.4 is 15.0 Å². The molecule has 0 radical (unpaired) electrons. The molecular weight excluding hydrogens is 537 g/mol. The van der Waals surface area contributed by atoms with Crippen molar-refractivity contribution in [2.24, 2.45) is 10.2 Å². The van der Waals surface area contributed by atoms with E-state index < -0.39 is 28.8 Å². The average molecular weight is 559 g/mol. The van der Waals surface area contributed by atoms with E-state index >= 15 is 0 Å². The second-order valence-corrected chi connectivity index (χ2v) is 9.36. The average Bonchev–Trinajstić information content (AvgIpc) is 3.19. The number of thioether (sulfide) groups is 1. The molecule has 1 aliphatic heterocycles. The Labute approximate surface area is 224 Å². The molecule has 0 aromatic heterocycles. The van der Waals surface area contributed by atoms with E-state index in [2.05, 4.69) is 15.5 Å². The van der Waals surface area contributed by atoms with E-state index in [-0.39, 0.29) is 40.2 Å². The summed E-state index contributed by atoms with van der Waals surface area (Å²) in [7, 11) is 1.40. The summed E-state index contributed by atoms with van der Waals surface area (Å²) in [6.07, 6.45) is -3.56. The first kappa shape index (κ1) is 27.5. The number of rotatable bonds is 7. The van der Waals surface area contributed by atoms with Crippen molar-refractivity contribution >= 4 is 46.3 Å². The quantitative estimate of drug-likeness (QED) is 0.277. The fraction of sp³-hybridized carbons (Fsp3) is 0.154. The molecule has 0 aliphatic carbocycles. The van der Waals surface area contributed by atoms with Crippen LogP contribution >= 0.6 is 11.8 Å². The molecule has 9 nitrogen and oxygen atoms in total. The number of nitrogens with zero attached hydrogens (tertiary/aromatic N) is 3. The number of phenols is 2. The zero-order valence-electron chi connectivity index (χ0n) is 20.2. The highest BCUT2D eigenvalue weighted by molar-refractivity contribution is 8.16. The lowest BCUT2D eigenvalue weighted by atomic mass is 10.2. The smallest absolute Gasteiger partial charge is 0.416 e. The number of phenolic OH excluding ortho intramolecular Hbond substituents is 2. The van der Waals surface area contributed by atoms with Crippen LogP contribution in [0.3, 0.4) is 0 Å². The molecule has 0 saturated carbocycles. The van der Waals surface area contributed by atoms with Gasteiger partial charge in [0.25, 0.3) is 0 Å². The Kier molecular flexibility index (Phi) is 8.10. The van der Waals surface area contributed by atoms with Gasteiger partial charge in [-0.05, 0) is 54.1 Å². The molecule has 3 N–H and O–H groups in total. The number of aromatic hydroxyl groups is 2. The van der Waals surface area contributed by atoms with Crippen LogP contribution in [0.15, 0.2) is 76.9 Å². The van der Waals surface area contributed by atoms with Gasteiger partial charge in [-0.15, -0.1) is 5.10 Å². The van der Waals surface area contributed by atoms with Crippen LogP contribution in [0, 0.1) is 0 Å². The first-order chi connectivity index (χ1) is 18.5. The maximum Gasteiger partial charge on any atom is 0.416 e. The molecule has 1 fully saturated rings. The third-order valence-electron chi connectivity index (χ3n) is 5.42. The van der Waals surface area contributed by atoms with E-state index in [0.29, 0.717) is 5.56 Å². The number of carbonyl (C=O) groups excluding carboxylic acids is 2. The van der Waals surface area contributed by atoms with E-state index in [4.69, 9.17) is 4.74 Å². The first-order valence-corrected chi connectivity index (χ1v) is 12.2. The lowest BCUT2D eigenvalue weighted by Crippen LogP contribution is -2.33. The molecule has 13 heteroatoms. The highest BCUT2D eigenvalue weighted by Gasteiger charge is 2.40. The molecule has 202 valence electrons. The predicted molar refractivity (Wildman–Crippen MR) is 141 cm³/mol. The van der Waals surface area contributed by atoms with Gasteiger partial charge in [0.1, 0.15) is 11.0 Å². The lowest BCUT2D eigenvalue weighted by molar-refractivity contribution is -0.137. The molecule has 1 atom stereocenters. The van der Waals surface area contributed by atoms with E-state index in [1.165, 1.54) is 60.7 Å². The van der Waals surface area contributed by atoms with Gasteiger partial charge in [0.2, 0.25) is 11.8 Å². The molecule has 0 bridgehead atoms. The van der Waals surface area contributed by atoms with Crippen molar-refractivity contribution < 1.29 is 37.7 Å². The molecule has 39 heavy (non-hydrogen) atoms. The first-order valence-electron chi connectivity index (χ1n) is 11.3. The highest BCUT2D eigenvalue weighted by atomic mass is 32.2. The van der Waals surface area contributed by atoms with Gasteiger partial charge in [0, 0.05) is 18.2 Å². The fourth-order valence-electron chi connectivity index (χ4n) is 3.61. The number of hydrogen-bond donors (Lipinski definition) is 3. The number of benzene rings is 3. The molecule has 1 saturated heterocycles. The van der Waals surface area contributed by atoms with Crippen molar-refractivity contribution in [1.82, 2.24) is 0 Å². The highest BCUT2D eigenvalue weighted by Crippen LogP contribution is 2.36. The van der Waals surface area contributed by atoms with Crippen LogP contribution in [0.5, 0.6) is 17.2 Å². The largest absolute Gasteiger partial charge is 0.508 e. The Balaban J connectivity index is 1.55. The predicted octanol–water partition coefficient (Wildman–Crippen LogP) is 4.99. The zero-order valence-corrected chi connectivity index (χ0v) is 21.0. The van der Waals surface area contributed by atoms with Gasteiger partial charge in [-0.1, -0.05) is 23.9 Å². The number of methoxy groups -OCH3 is 1. The lowest BCUT2D eigenvalue weighted by Gasteiger charge is -2.16. The summed E-state index contributed by atoms with van der Waals surface area (Å²) in [6.45, 7) is 0. The number of anilines is 2. The Bertz CT molecular complexity index is 1460. The maximum atomic E-state index is 13.3. The fourth-order valence-corrected chi connectivity index (χ4v) is 4.70. The summed E-state index contributed by atoms with van der Waals surface area (Å²) in [5, 5.41) is 29.3. The van der Waals surface area contributed by atoms with Crippen LogP contribution in [-0.2, 0) is 15.8 Å². The van der Waals surface area contributed by atoms with Crippen molar-refractivity contribution in [3.63, 3.8) is 0 Å². The van der Waals surface area contributed by atoms with Crippen LogP contribution in [0.1, 0.15) is 17.5 Å². The van der Waals surface area contributed by atoms with Gasteiger partial charge < -0.3 is 20.3 Å². The molecule has 4 rings (SSSR count). The summed E-state index contributed by atoms with van der Waals surface area (Å²) >= 11 is 0.945. The molecule has 2 amide bonds. The number of halogens is 3. The van der Waals surface area contributed by atoms with Crippen molar-refractivity contribution in [3.8, 4) is 17.2 Å². The summed E-state index contributed by atoms with van der Waals surface area (Å²) in [5.41, 5.74) is -0.143. The van der Waals surface area contributed by atoms with E-state index in [9.17, 15) is 33.0 Å². The second-order valence-electron chi connectivity index (χ2n) is 8.19. The van der Waals surface area contributed by atoms with Crippen molar-refractivity contribution in [3.05, 3.63) is 77.9 Å². The third-order valence-corrected chi connectivity index (χ3v) is 6.55. The van der Waals surface area contributed by atoms with Gasteiger partial charge in [0.05, 0.1) is 24.6 Å². The van der Waals surface area contributed by atoms with E-state index in [1.54, 1.807) is 12.1 Å². The number of hydrogen-bond acceptors (Lipinski definition) is 8. The molecule has 3 aromatic rings. The number of amidine groups is 1. The van der Waals surface area contributed by atoms with Gasteiger partial charge in [0.15, 0.2) is 16.7 Å². The van der Waals surface area contributed by atoms with Gasteiger partial charge in [-0.3, -0.25) is 14.5 Å². The minimum Gasteiger partial charge on any atom is -0.508 e. The molecule has 1 heterocycles. The van der Waals surface area contributed by atoms with Gasteiger partial charge in [-0.25, -0.2) is 0 Å². The minimum atomic E-state index is -4.57. The summed E-state index contributed by atoms with van der Waals surface area (Å²) in [5.74, 6) is -1.12. The minimum absolute atomic E-state index is 0.0563. The molecule has 1 aliphatic rings. The summed E-state index contributed by atoms with van der Waals surface area (Å²) in [4.78, 5) is 27.1. The zero-order chi connectivity index (χ0) is 28.2. The second kappa shape index (κ2) is 11.5. The van der Waals surface area contributed by atoms with Crippen LogP contribution in [0.2, 0.25) is 0 Å². The van der Waals surface area contributed by atoms with Crippen LogP contribution in [0.4, 0.5) is 24.5 Å². The number of amides is 2. The van der Waals surface area contributed by atoms with E-state index in [0.717, 1.165) is 23.9 Å². The summed E-state index contributed by atoms with van der Waals surface area (Å²) in [6, 6.07) is 14.5. The molecule has 3 aromatic carbocycles. The Hall–Kier alpha value is -4.52. The number of nitrogens with one attached hydrogen (secondary N) is 1. The molecule has 1 unspecified atom stereocenters. The number of carbonyl (C=O) groups is 2. The number of alkyl halides is 3. The van der Waals surface area contributed by atoms with Gasteiger partial charge >= 0.3 is 6.18 Å². The normalized spacial score (nSPS) is 16.7. The van der Waals surface area contributed by atoms with Crippen LogP contribution in [0.25, 0.3) is 0 Å². The summed E-state index contributed by atoms with van der Waals surface area (Å²) < 4.78 is 44.1. The van der Waals surface area contributed by atoms with Gasteiger partial charge in [-0.2, -0.15) is 18.3 Å².